The van der Waals surface area contributed by atoms with Gasteiger partial charge in [-0.25, -0.2) is 0 Å². The van der Waals surface area contributed by atoms with E-state index in [0.29, 0.717) is 44.0 Å². The Morgan fingerprint density at radius 3 is 2.52 bits per heavy atom. The molecule has 124 valence electrons. The molecule has 2 rings (SSSR count). The fraction of sp³-hybridized carbons (Fsp3) is 0.444. The van der Waals surface area contributed by atoms with Crippen molar-refractivity contribution in [2.75, 3.05) is 13.2 Å². The lowest BCUT2D eigenvalue weighted by atomic mass is 9.89. The van der Waals surface area contributed by atoms with Crippen molar-refractivity contribution in [2.45, 2.75) is 39.5 Å². The van der Waals surface area contributed by atoms with Gasteiger partial charge >= 0.3 is 0 Å². The molecule has 0 heterocycles. The maximum Gasteiger partial charge on any atom is 0.168 e. The maximum atomic E-state index is 11.9. The summed E-state index contributed by atoms with van der Waals surface area (Å²) in [4.78, 5) is 11.9. The summed E-state index contributed by atoms with van der Waals surface area (Å²) in [5.74, 6) is 1.10. The van der Waals surface area contributed by atoms with E-state index in [2.05, 4.69) is 0 Å². The first kappa shape index (κ1) is 17.1. The Balaban J connectivity index is 2.26. The summed E-state index contributed by atoms with van der Waals surface area (Å²) in [5, 5.41) is 18.2. The molecule has 1 aliphatic carbocycles. The van der Waals surface area contributed by atoms with E-state index >= 15 is 0 Å². The van der Waals surface area contributed by atoms with Gasteiger partial charge in [-0.3, -0.25) is 4.79 Å². The molecule has 23 heavy (non-hydrogen) atoms. The number of aliphatic hydroxyl groups excluding tert-OH is 1. The number of nitrogens with one attached hydrogen (secondary N) is 1. The molecule has 0 radical (unpaired) electrons. The summed E-state index contributed by atoms with van der Waals surface area (Å²) in [6, 6.07) is 5.44. The van der Waals surface area contributed by atoms with E-state index in [0.717, 1.165) is 5.56 Å². The van der Waals surface area contributed by atoms with Gasteiger partial charge in [0, 0.05) is 18.6 Å². The molecule has 0 unspecified atom stereocenters. The number of ketones is 1. The van der Waals surface area contributed by atoms with E-state index in [9.17, 15) is 9.90 Å². The van der Waals surface area contributed by atoms with Gasteiger partial charge in [0.25, 0.3) is 0 Å². The van der Waals surface area contributed by atoms with E-state index < -0.39 is 0 Å². The third-order valence-electron chi connectivity index (χ3n) is 3.68. The highest BCUT2D eigenvalue weighted by Crippen LogP contribution is 2.30. The van der Waals surface area contributed by atoms with Crippen LogP contribution in [0.2, 0.25) is 0 Å². The van der Waals surface area contributed by atoms with Crippen molar-refractivity contribution in [3.05, 3.63) is 35.1 Å². The minimum Gasteiger partial charge on any atom is -0.511 e. The van der Waals surface area contributed by atoms with Gasteiger partial charge < -0.3 is 20.0 Å². The number of rotatable bonds is 6. The molecule has 1 aromatic carbocycles. The van der Waals surface area contributed by atoms with E-state index in [1.54, 1.807) is 6.07 Å². The van der Waals surface area contributed by atoms with Crippen LogP contribution in [0.4, 0.5) is 0 Å². The molecule has 0 spiro atoms. The van der Waals surface area contributed by atoms with Crippen LogP contribution in [0.15, 0.2) is 29.5 Å². The smallest absolute Gasteiger partial charge is 0.168 e. The van der Waals surface area contributed by atoms with Gasteiger partial charge in [-0.15, -0.1) is 0 Å². The number of allylic oxidation sites excluding steroid dienone is 2. The van der Waals surface area contributed by atoms with E-state index in [-0.39, 0.29) is 29.2 Å². The summed E-state index contributed by atoms with van der Waals surface area (Å²) >= 11 is 0. The van der Waals surface area contributed by atoms with Crippen LogP contribution in [0.25, 0.3) is 0 Å². The highest BCUT2D eigenvalue weighted by Gasteiger charge is 2.24. The quantitative estimate of drug-likeness (QED) is 0.620. The van der Waals surface area contributed by atoms with Crippen molar-refractivity contribution >= 4 is 11.5 Å². The molecule has 1 saturated carbocycles. The molecular formula is C18H23NO4. The van der Waals surface area contributed by atoms with E-state index in [1.807, 2.05) is 26.0 Å². The van der Waals surface area contributed by atoms with Crippen molar-refractivity contribution in [2.24, 2.45) is 0 Å². The molecule has 1 aromatic rings. The standard InChI is InChI=1S/C18H23NO4/c1-3-22-16-9-8-12(11-17(16)23-4-2)10-15(21)18-13(19)6-5-7-14(18)20/h8-9,11,19,21H,3-7,10H2,1-2H3. The van der Waals surface area contributed by atoms with Gasteiger partial charge in [0.05, 0.1) is 18.8 Å². The third-order valence-corrected chi connectivity index (χ3v) is 3.68. The predicted octanol–water partition coefficient (Wildman–Crippen LogP) is 3.61. The normalized spacial score (nSPS) is 17.1. The van der Waals surface area contributed by atoms with Crippen LogP contribution in [0, 0.1) is 5.41 Å². The Hall–Kier alpha value is -2.30. The first-order valence-corrected chi connectivity index (χ1v) is 7.98. The van der Waals surface area contributed by atoms with Crippen molar-refractivity contribution in [1.29, 1.82) is 5.41 Å². The average molecular weight is 317 g/mol. The van der Waals surface area contributed by atoms with Crippen molar-refractivity contribution < 1.29 is 19.4 Å². The monoisotopic (exact) mass is 317 g/mol. The van der Waals surface area contributed by atoms with Crippen LogP contribution in [0.3, 0.4) is 0 Å². The molecule has 0 aromatic heterocycles. The number of carbonyl (C=O) groups is 1. The zero-order valence-electron chi connectivity index (χ0n) is 13.6. The van der Waals surface area contributed by atoms with Gasteiger partial charge in [0.1, 0.15) is 5.76 Å². The Bertz CT molecular complexity index is 616. The lowest BCUT2D eigenvalue weighted by molar-refractivity contribution is -0.115. The van der Waals surface area contributed by atoms with Gasteiger partial charge in [-0.1, -0.05) is 6.07 Å². The van der Waals surface area contributed by atoms with Crippen LogP contribution in [0.5, 0.6) is 11.5 Å². The molecule has 0 bridgehead atoms. The minimum atomic E-state index is -0.144. The van der Waals surface area contributed by atoms with Crippen molar-refractivity contribution in [3.8, 4) is 11.5 Å². The van der Waals surface area contributed by atoms with Gasteiger partial charge in [0.2, 0.25) is 0 Å². The molecule has 0 aliphatic heterocycles. The third kappa shape index (κ3) is 4.12. The fourth-order valence-corrected chi connectivity index (χ4v) is 2.67. The van der Waals surface area contributed by atoms with Crippen LogP contribution in [0.1, 0.15) is 38.7 Å². The summed E-state index contributed by atoms with van der Waals surface area (Å²) in [7, 11) is 0. The van der Waals surface area contributed by atoms with Gasteiger partial charge in [-0.05, 0) is 44.4 Å². The second-order valence-corrected chi connectivity index (χ2v) is 5.40. The average Bonchev–Trinajstić information content (AvgIpc) is 2.50. The molecule has 1 fully saturated rings. The molecular weight excluding hydrogens is 294 g/mol. The fourth-order valence-electron chi connectivity index (χ4n) is 2.67. The predicted molar refractivity (Wildman–Crippen MR) is 88.7 cm³/mol. The summed E-state index contributed by atoms with van der Waals surface area (Å²) < 4.78 is 11.1. The lowest BCUT2D eigenvalue weighted by Crippen LogP contribution is -2.20. The first-order chi connectivity index (χ1) is 11.1. The first-order valence-electron chi connectivity index (χ1n) is 7.98. The molecule has 0 saturated heterocycles. The second kappa shape index (κ2) is 7.81. The number of benzene rings is 1. The zero-order valence-corrected chi connectivity index (χ0v) is 13.6. The highest BCUT2D eigenvalue weighted by molar-refractivity contribution is 6.23. The molecule has 0 atom stereocenters. The molecule has 5 nitrogen and oxygen atoms in total. The van der Waals surface area contributed by atoms with Gasteiger partial charge in [0.15, 0.2) is 17.3 Å². The number of aliphatic hydroxyl groups is 1. The Morgan fingerprint density at radius 2 is 1.87 bits per heavy atom. The number of carbonyl (C=O) groups excluding carboxylic acids is 1. The van der Waals surface area contributed by atoms with E-state index in [4.69, 9.17) is 14.9 Å². The Morgan fingerprint density at radius 1 is 1.17 bits per heavy atom. The molecule has 2 N–H and O–H groups in total. The SMILES string of the molecule is CCOc1ccc(CC(O)=C2C(=N)CCCC2=O)cc1OCC. The zero-order chi connectivity index (χ0) is 16.8. The number of ether oxygens (including phenoxy) is 2. The number of Topliss-reactive ketones (excluding diaryl/α,β-unsaturated/α-hetero) is 1. The molecule has 0 amide bonds. The summed E-state index contributed by atoms with van der Waals surface area (Å²) in [5.41, 5.74) is 1.23. The Labute approximate surface area is 136 Å². The van der Waals surface area contributed by atoms with Crippen molar-refractivity contribution in [3.63, 3.8) is 0 Å². The van der Waals surface area contributed by atoms with Crippen LogP contribution < -0.4 is 9.47 Å². The largest absolute Gasteiger partial charge is 0.511 e. The second-order valence-electron chi connectivity index (χ2n) is 5.40. The number of hydrogen-bond donors (Lipinski definition) is 2. The Kier molecular flexibility index (Phi) is 5.79. The summed E-state index contributed by atoms with van der Waals surface area (Å²) in [6.07, 6.45) is 1.83. The van der Waals surface area contributed by atoms with Crippen LogP contribution >= 0.6 is 0 Å². The topological polar surface area (TPSA) is 79.6 Å². The van der Waals surface area contributed by atoms with E-state index in [1.165, 1.54) is 0 Å². The van der Waals surface area contributed by atoms with Crippen molar-refractivity contribution in [1.82, 2.24) is 0 Å². The lowest BCUT2D eigenvalue weighted by Gasteiger charge is -2.17. The highest BCUT2D eigenvalue weighted by atomic mass is 16.5. The van der Waals surface area contributed by atoms with Crippen LogP contribution in [-0.2, 0) is 11.2 Å². The maximum absolute atomic E-state index is 11.9. The minimum absolute atomic E-state index is 0.0358. The van der Waals surface area contributed by atoms with Crippen LogP contribution in [-0.4, -0.2) is 29.8 Å². The summed E-state index contributed by atoms with van der Waals surface area (Å²) in [6.45, 7) is 4.85. The number of hydrogen-bond acceptors (Lipinski definition) is 5. The van der Waals surface area contributed by atoms with Gasteiger partial charge in [-0.2, -0.15) is 0 Å². The molecule has 5 heteroatoms. The molecule has 1 aliphatic rings.